The number of hydrogen-bond acceptors (Lipinski definition) is 5. The number of hydrogen-bond donors (Lipinski definition) is 1. The second-order valence-electron chi connectivity index (χ2n) is 8.42. The number of halogens is 4. The third-order valence-corrected chi connectivity index (χ3v) is 7.93. The molecule has 3 heterocycles. The number of pyridine rings is 2. The summed E-state index contributed by atoms with van der Waals surface area (Å²) in [5.41, 5.74) is -0.731. The monoisotopic (exact) mass is 537 g/mol. The fourth-order valence-electron chi connectivity index (χ4n) is 4.04. The Hall–Kier alpha value is -3.58. The second kappa shape index (κ2) is 10.1. The van der Waals surface area contributed by atoms with Gasteiger partial charge >= 0.3 is 12.2 Å². The van der Waals surface area contributed by atoms with Gasteiger partial charge in [-0.15, -0.1) is 0 Å². The number of fused-ring (bicyclic) bond motifs is 1. The smallest absolute Gasteiger partial charge is 0.306 e. The first-order valence-electron chi connectivity index (χ1n) is 11.3. The summed E-state index contributed by atoms with van der Waals surface area (Å²) < 4.78 is 81.6. The lowest BCUT2D eigenvalue weighted by atomic mass is 10.1. The van der Waals surface area contributed by atoms with Crippen LogP contribution in [0.3, 0.4) is 0 Å². The average molecular weight is 538 g/mol. The molecule has 3 aromatic rings. The minimum atomic E-state index is -4.59. The summed E-state index contributed by atoms with van der Waals surface area (Å²) >= 11 is 0. The Balaban J connectivity index is 1.88. The molecule has 2 aromatic heterocycles. The highest BCUT2D eigenvalue weighted by molar-refractivity contribution is 7.89. The number of benzene rings is 1. The standard InChI is InChI=1S/C24H23F4N5O3S/c1-3-32-10-9-15(2)33(23(34)30-19-12-18(25)13-29-14-19)22-21(37(32,35)36)8-7-20(31-22)16-5-4-6-17(11-16)24(26,27)28/h4-8,11-15H,3,9-10H2,1-2H3,(H,30,34)/t15-/m1/s1. The molecule has 0 unspecified atom stereocenters. The molecule has 1 atom stereocenters. The van der Waals surface area contributed by atoms with E-state index in [9.17, 15) is 30.8 Å². The van der Waals surface area contributed by atoms with E-state index in [2.05, 4.69) is 15.3 Å². The molecule has 0 saturated heterocycles. The van der Waals surface area contributed by atoms with Gasteiger partial charge in [0.1, 0.15) is 10.7 Å². The summed E-state index contributed by atoms with van der Waals surface area (Å²) in [5.74, 6) is -0.938. The largest absolute Gasteiger partial charge is 0.416 e. The Morgan fingerprint density at radius 2 is 1.92 bits per heavy atom. The zero-order valence-corrected chi connectivity index (χ0v) is 20.6. The number of urea groups is 1. The van der Waals surface area contributed by atoms with E-state index in [1.54, 1.807) is 13.8 Å². The first-order chi connectivity index (χ1) is 17.4. The minimum absolute atomic E-state index is 0.0351. The summed E-state index contributed by atoms with van der Waals surface area (Å²) in [5, 5.41) is 2.50. The van der Waals surface area contributed by atoms with Crippen LogP contribution < -0.4 is 10.2 Å². The Morgan fingerprint density at radius 1 is 1.16 bits per heavy atom. The van der Waals surface area contributed by atoms with Crippen molar-refractivity contribution in [1.82, 2.24) is 14.3 Å². The number of sulfonamides is 1. The molecule has 2 amide bonds. The number of aromatic nitrogens is 2. The Bertz CT molecular complexity index is 1430. The number of alkyl halides is 3. The topological polar surface area (TPSA) is 95.5 Å². The summed E-state index contributed by atoms with van der Waals surface area (Å²) in [7, 11) is -4.10. The molecule has 13 heteroatoms. The number of nitrogens with zero attached hydrogens (tertiary/aromatic N) is 4. The Labute approximate surface area is 211 Å². The van der Waals surface area contributed by atoms with E-state index in [0.717, 1.165) is 29.3 Å². The summed E-state index contributed by atoms with van der Waals surface area (Å²) in [6, 6.07) is 6.65. The molecule has 37 heavy (non-hydrogen) atoms. The van der Waals surface area contributed by atoms with Crippen LogP contribution in [0.15, 0.2) is 59.8 Å². The quantitative estimate of drug-likeness (QED) is 0.467. The van der Waals surface area contributed by atoms with Crippen LogP contribution in [0.4, 0.5) is 33.9 Å². The van der Waals surface area contributed by atoms with Crippen molar-refractivity contribution >= 4 is 27.6 Å². The average Bonchev–Trinajstić information content (AvgIpc) is 2.83. The number of amides is 2. The lowest BCUT2D eigenvalue weighted by molar-refractivity contribution is -0.137. The van der Waals surface area contributed by atoms with Gasteiger partial charge in [-0.3, -0.25) is 9.88 Å². The molecule has 0 aliphatic carbocycles. The van der Waals surface area contributed by atoms with E-state index in [-0.39, 0.29) is 47.2 Å². The van der Waals surface area contributed by atoms with Crippen LogP contribution in [-0.4, -0.2) is 47.9 Å². The molecular weight excluding hydrogens is 514 g/mol. The van der Waals surface area contributed by atoms with E-state index in [1.807, 2.05) is 0 Å². The predicted octanol–water partition coefficient (Wildman–Crippen LogP) is 5.14. The van der Waals surface area contributed by atoms with Gasteiger partial charge in [0.25, 0.3) is 0 Å². The van der Waals surface area contributed by atoms with Gasteiger partial charge in [0.15, 0.2) is 5.82 Å². The number of nitrogens with one attached hydrogen (secondary N) is 1. The fraction of sp³-hybridized carbons (Fsp3) is 0.292. The molecule has 0 saturated carbocycles. The maximum atomic E-state index is 13.6. The minimum Gasteiger partial charge on any atom is -0.306 e. The maximum Gasteiger partial charge on any atom is 0.416 e. The van der Waals surface area contributed by atoms with Crippen molar-refractivity contribution in [2.24, 2.45) is 0 Å². The van der Waals surface area contributed by atoms with Crippen LogP contribution in [0.2, 0.25) is 0 Å². The first kappa shape index (κ1) is 26.5. The normalized spacial score (nSPS) is 18.0. The van der Waals surface area contributed by atoms with E-state index in [0.29, 0.717) is 0 Å². The molecule has 0 spiro atoms. The van der Waals surface area contributed by atoms with Gasteiger partial charge < -0.3 is 5.32 Å². The Kier molecular flexibility index (Phi) is 7.20. The fourth-order valence-corrected chi connectivity index (χ4v) is 5.62. The zero-order valence-electron chi connectivity index (χ0n) is 19.8. The van der Waals surface area contributed by atoms with E-state index in [4.69, 9.17) is 0 Å². The number of carbonyl (C=O) groups excluding carboxylic acids is 1. The molecule has 1 N–H and O–H groups in total. The zero-order chi connectivity index (χ0) is 27.0. The number of rotatable bonds is 3. The summed E-state index contributed by atoms with van der Waals surface area (Å²) in [6.07, 6.45) is -2.17. The van der Waals surface area contributed by atoms with Crippen molar-refractivity contribution < 1.29 is 30.8 Å². The van der Waals surface area contributed by atoms with Crippen molar-refractivity contribution in [2.45, 2.75) is 37.4 Å². The van der Waals surface area contributed by atoms with Crippen molar-refractivity contribution in [3.05, 3.63) is 66.2 Å². The summed E-state index contributed by atoms with van der Waals surface area (Å²) in [4.78, 5) is 22.3. The molecule has 1 aliphatic rings. The van der Waals surface area contributed by atoms with Crippen LogP contribution in [0.5, 0.6) is 0 Å². The van der Waals surface area contributed by atoms with Gasteiger partial charge in [-0.1, -0.05) is 19.1 Å². The van der Waals surface area contributed by atoms with Gasteiger partial charge in [0.2, 0.25) is 10.0 Å². The van der Waals surface area contributed by atoms with E-state index in [1.165, 1.54) is 34.8 Å². The molecule has 8 nitrogen and oxygen atoms in total. The lowest BCUT2D eigenvalue weighted by Gasteiger charge is -2.35. The van der Waals surface area contributed by atoms with Crippen molar-refractivity contribution in [2.75, 3.05) is 23.3 Å². The van der Waals surface area contributed by atoms with E-state index >= 15 is 0 Å². The highest BCUT2D eigenvalue weighted by Crippen LogP contribution is 2.36. The molecule has 1 aromatic carbocycles. The summed E-state index contributed by atoms with van der Waals surface area (Å²) in [6.45, 7) is 3.66. The molecule has 4 rings (SSSR count). The van der Waals surface area contributed by atoms with E-state index < -0.39 is 39.7 Å². The highest BCUT2D eigenvalue weighted by atomic mass is 32.2. The third kappa shape index (κ3) is 5.42. The van der Waals surface area contributed by atoms with Crippen molar-refractivity contribution in [1.29, 1.82) is 0 Å². The molecule has 196 valence electrons. The van der Waals surface area contributed by atoms with Crippen LogP contribution in [-0.2, 0) is 16.2 Å². The van der Waals surface area contributed by atoms with Crippen LogP contribution in [0.1, 0.15) is 25.8 Å². The molecule has 1 aliphatic heterocycles. The molecular formula is C24H23F4N5O3S. The van der Waals surface area contributed by atoms with Gasteiger partial charge in [0, 0.05) is 30.8 Å². The highest BCUT2D eigenvalue weighted by Gasteiger charge is 2.37. The molecule has 0 fully saturated rings. The molecule has 0 bridgehead atoms. The lowest BCUT2D eigenvalue weighted by Crippen LogP contribution is -2.47. The maximum absolute atomic E-state index is 13.6. The van der Waals surface area contributed by atoms with Crippen LogP contribution in [0.25, 0.3) is 11.3 Å². The van der Waals surface area contributed by atoms with Gasteiger partial charge in [-0.25, -0.2) is 22.6 Å². The third-order valence-electron chi connectivity index (χ3n) is 5.94. The van der Waals surface area contributed by atoms with Gasteiger partial charge in [-0.05, 0) is 37.6 Å². The van der Waals surface area contributed by atoms with Gasteiger partial charge in [0.05, 0.1) is 29.3 Å². The predicted molar refractivity (Wildman–Crippen MR) is 129 cm³/mol. The number of anilines is 2. The van der Waals surface area contributed by atoms with Crippen molar-refractivity contribution in [3.63, 3.8) is 0 Å². The van der Waals surface area contributed by atoms with Crippen LogP contribution >= 0.6 is 0 Å². The SMILES string of the molecule is CCN1CC[C@@H](C)N(C(=O)Nc2cncc(F)c2)c2nc(-c3cccc(C(F)(F)F)c3)ccc2S1(=O)=O. The number of carbonyl (C=O) groups is 1. The van der Waals surface area contributed by atoms with Gasteiger partial charge in [-0.2, -0.15) is 17.5 Å². The second-order valence-corrected chi connectivity index (χ2v) is 10.3. The van der Waals surface area contributed by atoms with Crippen molar-refractivity contribution in [3.8, 4) is 11.3 Å². The Morgan fingerprint density at radius 3 is 2.59 bits per heavy atom. The first-order valence-corrected chi connectivity index (χ1v) is 12.8. The van der Waals surface area contributed by atoms with Crippen LogP contribution in [0, 0.1) is 5.82 Å². The molecule has 0 radical (unpaired) electrons.